The summed E-state index contributed by atoms with van der Waals surface area (Å²) in [6, 6.07) is 0.166. The normalized spacial score (nSPS) is 13.7. The van der Waals surface area contributed by atoms with E-state index in [-0.39, 0.29) is 11.5 Å². The first kappa shape index (κ1) is 13.0. The summed E-state index contributed by atoms with van der Waals surface area (Å²) in [7, 11) is 0. The highest BCUT2D eigenvalue weighted by atomic mass is 127. The highest BCUT2D eigenvalue weighted by Gasteiger charge is 2.24. The van der Waals surface area contributed by atoms with Crippen molar-refractivity contribution in [2.24, 2.45) is 5.41 Å². The predicted octanol–water partition coefficient (Wildman–Crippen LogP) is 3.15. The van der Waals surface area contributed by atoms with Gasteiger partial charge in [0.2, 0.25) is 5.95 Å². The van der Waals surface area contributed by atoms with Gasteiger partial charge in [-0.25, -0.2) is 9.97 Å². The van der Waals surface area contributed by atoms with Gasteiger partial charge < -0.3 is 5.32 Å². The van der Waals surface area contributed by atoms with Crippen molar-refractivity contribution in [2.75, 3.05) is 11.2 Å². The molecule has 84 valence electrons. The summed E-state index contributed by atoms with van der Waals surface area (Å²) in [5.74, 6) is 1.18. The Bertz CT molecular complexity index is 307. The molecular formula is C10H15ClIN3. The number of hydrogen-bond donors (Lipinski definition) is 1. The SMILES string of the molecule is CC(C)(C)C(CCl)Nc1ncc(I)cn1. The zero-order valence-electron chi connectivity index (χ0n) is 9.09. The van der Waals surface area contributed by atoms with Crippen LogP contribution in [0.5, 0.6) is 0 Å². The first-order chi connectivity index (χ1) is 6.93. The predicted molar refractivity (Wildman–Crippen MR) is 72.3 cm³/mol. The molecule has 1 unspecified atom stereocenters. The molecule has 0 aromatic carbocycles. The molecule has 1 atom stereocenters. The van der Waals surface area contributed by atoms with Gasteiger partial charge >= 0.3 is 0 Å². The third-order valence-electron chi connectivity index (χ3n) is 2.12. The molecule has 1 rings (SSSR count). The smallest absolute Gasteiger partial charge is 0.222 e. The maximum absolute atomic E-state index is 5.91. The molecule has 0 radical (unpaired) electrons. The molecule has 5 heteroatoms. The van der Waals surface area contributed by atoms with E-state index in [9.17, 15) is 0 Å². The van der Waals surface area contributed by atoms with E-state index in [1.165, 1.54) is 0 Å². The average molecular weight is 340 g/mol. The van der Waals surface area contributed by atoms with E-state index in [1.54, 1.807) is 12.4 Å². The van der Waals surface area contributed by atoms with Gasteiger partial charge in [-0.3, -0.25) is 0 Å². The lowest BCUT2D eigenvalue weighted by Crippen LogP contribution is -2.36. The molecule has 0 amide bonds. The van der Waals surface area contributed by atoms with E-state index in [1.807, 2.05) is 0 Å². The molecule has 1 aromatic rings. The molecule has 0 aliphatic rings. The van der Waals surface area contributed by atoms with Gasteiger partial charge in [0.1, 0.15) is 0 Å². The highest BCUT2D eigenvalue weighted by molar-refractivity contribution is 14.1. The van der Waals surface area contributed by atoms with Crippen LogP contribution in [0, 0.1) is 8.99 Å². The largest absolute Gasteiger partial charge is 0.350 e. The fraction of sp³-hybridized carbons (Fsp3) is 0.600. The number of aromatic nitrogens is 2. The van der Waals surface area contributed by atoms with Gasteiger partial charge in [0.15, 0.2) is 0 Å². The van der Waals surface area contributed by atoms with Crippen LogP contribution < -0.4 is 5.32 Å². The third-order valence-corrected chi connectivity index (χ3v) is 2.99. The summed E-state index contributed by atoms with van der Waals surface area (Å²) < 4.78 is 1.02. The van der Waals surface area contributed by atoms with Gasteiger partial charge in [0.25, 0.3) is 0 Å². The van der Waals surface area contributed by atoms with E-state index in [2.05, 4.69) is 58.6 Å². The van der Waals surface area contributed by atoms with E-state index in [0.29, 0.717) is 11.8 Å². The molecule has 1 aromatic heterocycles. The Morgan fingerprint density at radius 2 is 1.93 bits per heavy atom. The molecule has 15 heavy (non-hydrogen) atoms. The van der Waals surface area contributed by atoms with Crippen LogP contribution in [0.4, 0.5) is 5.95 Å². The second-order valence-electron chi connectivity index (χ2n) is 4.44. The molecule has 3 nitrogen and oxygen atoms in total. The summed E-state index contributed by atoms with van der Waals surface area (Å²) >= 11 is 8.09. The number of hydrogen-bond acceptors (Lipinski definition) is 3. The summed E-state index contributed by atoms with van der Waals surface area (Å²) in [6.45, 7) is 6.42. The lowest BCUT2D eigenvalue weighted by atomic mass is 9.88. The molecule has 1 N–H and O–H groups in total. The summed E-state index contributed by atoms with van der Waals surface area (Å²) in [5.41, 5.74) is 0.0914. The van der Waals surface area contributed by atoms with Crippen LogP contribution in [0.1, 0.15) is 20.8 Å². The first-order valence-electron chi connectivity index (χ1n) is 4.73. The molecule has 0 aliphatic heterocycles. The van der Waals surface area contributed by atoms with Crippen LogP contribution in [-0.2, 0) is 0 Å². The quantitative estimate of drug-likeness (QED) is 0.679. The summed E-state index contributed by atoms with van der Waals surface area (Å²) in [6.07, 6.45) is 3.56. The van der Waals surface area contributed by atoms with E-state index >= 15 is 0 Å². The maximum Gasteiger partial charge on any atom is 0.222 e. The van der Waals surface area contributed by atoms with Crippen molar-refractivity contribution in [3.63, 3.8) is 0 Å². The van der Waals surface area contributed by atoms with Crippen molar-refractivity contribution in [2.45, 2.75) is 26.8 Å². The second kappa shape index (κ2) is 5.30. The van der Waals surface area contributed by atoms with Crippen molar-refractivity contribution < 1.29 is 0 Å². The van der Waals surface area contributed by atoms with Gasteiger partial charge in [-0.2, -0.15) is 0 Å². The van der Waals surface area contributed by atoms with E-state index in [4.69, 9.17) is 11.6 Å². The Kier molecular flexibility index (Phi) is 4.58. The minimum absolute atomic E-state index is 0.0914. The zero-order valence-corrected chi connectivity index (χ0v) is 12.0. The lowest BCUT2D eigenvalue weighted by Gasteiger charge is -2.29. The second-order valence-corrected chi connectivity index (χ2v) is 6.00. The van der Waals surface area contributed by atoms with E-state index in [0.717, 1.165) is 3.57 Å². The van der Waals surface area contributed by atoms with Crippen LogP contribution in [0.25, 0.3) is 0 Å². The lowest BCUT2D eigenvalue weighted by molar-refractivity contribution is 0.361. The fourth-order valence-corrected chi connectivity index (χ4v) is 1.85. The minimum Gasteiger partial charge on any atom is -0.350 e. The number of alkyl halides is 1. The number of halogens is 2. The summed E-state index contributed by atoms with van der Waals surface area (Å²) in [5, 5.41) is 3.24. The van der Waals surface area contributed by atoms with Crippen molar-refractivity contribution in [3.05, 3.63) is 16.0 Å². The van der Waals surface area contributed by atoms with Crippen LogP contribution in [0.3, 0.4) is 0 Å². The third kappa shape index (κ3) is 4.10. The standard InChI is InChI=1S/C10H15ClIN3/c1-10(2,3)8(4-11)15-9-13-5-7(12)6-14-9/h5-6,8H,4H2,1-3H3,(H,13,14,15). The molecular weight excluding hydrogens is 324 g/mol. The van der Waals surface area contributed by atoms with Crippen molar-refractivity contribution in [3.8, 4) is 0 Å². The van der Waals surface area contributed by atoms with E-state index < -0.39 is 0 Å². The fourth-order valence-electron chi connectivity index (χ4n) is 1.03. The van der Waals surface area contributed by atoms with Crippen LogP contribution >= 0.6 is 34.2 Å². The Labute approximate surface area is 109 Å². The van der Waals surface area contributed by atoms with Gasteiger partial charge in [-0.15, -0.1) is 11.6 Å². The van der Waals surface area contributed by atoms with Crippen LogP contribution in [0.2, 0.25) is 0 Å². The molecule has 0 bridgehead atoms. The Balaban J connectivity index is 2.71. The highest BCUT2D eigenvalue weighted by Crippen LogP contribution is 2.22. The monoisotopic (exact) mass is 339 g/mol. The molecule has 0 spiro atoms. The van der Waals surface area contributed by atoms with Crippen LogP contribution in [-0.4, -0.2) is 21.9 Å². The summed E-state index contributed by atoms with van der Waals surface area (Å²) in [4.78, 5) is 8.38. The van der Waals surface area contributed by atoms with Gasteiger partial charge in [-0.1, -0.05) is 20.8 Å². The number of nitrogens with zero attached hydrogens (tertiary/aromatic N) is 2. The topological polar surface area (TPSA) is 37.8 Å². The van der Waals surface area contributed by atoms with Crippen molar-refractivity contribution in [1.29, 1.82) is 0 Å². The maximum atomic E-state index is 5.91. The average Bonchev–Trinajstić information content (AvgIpc) is 2.15. The van der Waals surface area contributed by atoms with Gasteiger partial charge in [0, 0.05) is 27.9 Å². The van der Waals surface area contributed by atoms with Crippen molar-refractivity contribution in [1.82, 2.24) is 9.97 Å². The minimum atomic E-state index is 0.0914. The van der Waals surface area contributed by atoms with Crippen LogP contribution in [0.15, 0.2) is 12.4 Å². The van der Waals surface area contributed by atoms with Gasteiger partial charge in [-0.05, 0) is 28.0 Å². The molecule has 0 fully saturated rings. The molecule has 0 saturated carbocycles. The molecule has 0 aliphatic carbocycles. The zero-order chi connectivity index (χ0) is 11.5. The molecule has 0 saturated heterocycles. The Hall–Kier alpha value is -0.100. The number of rotatable bonds is 3. The van der Waals surface area contributed by atoms with Gasteiger partial charge in [0.05, 0.1) is 0 Å². The van der Waals surface area contributed by atoms with Crippen molar-refractivity contribution >= 4 is 40.1 Å². The Morgan fingerprint density at radius 1 is 1.40 bits per heavy atom. The molecule has 1 heterocycles. The Morgan fingerprint density at radius 3 is 2.33 bits per heavy atom. The number of anilines is 1. The number of nitrogens with one attached hydrogen (secondary N) is 1. The first-order valence-corrected chi connectivity index (χ1v) is 6.35.